The summed E-state index contributed by atoms with van der Waals surface area (Å²) in [6.45, 7) is 6.97. The standard InChI is InChI=1S/C11H18I2/c1-4-7(2)9-5-8(3)11(13)10(12)6-9/h5,7,9-11H,4,6H2,1-3H3. The molecule has 0 nitrogen and oxygen atoms in total. The Morgan fingerprint density at radius 3 is 2.62 bits per heavy atom. The highest BCUT2D eigenvalue weighted by Crippen LogP contribution is 2.37. The van der Waals surface area contributed by atoms with Gasteiger partial charge in [-0.2, -0.15) is 0 Å². The summed E-state index contributed by atoms with van der Waals surface area (Å²) in [5.74, 6) is 1.69. The highest BCUT2D eigenvalue weighted by Gasteiger charge is 2.28. The maximum Gasteiger partial charge on any atom is 0.0434 e. The van der Waals surface area contributed by atoms with Crippen molar-refractivity contribution in [2.24, 2.45) is 11.8 Å². The van der Waals surface area contributed by atoms with E-state index in [2.05, 4.69) is 72.0 Å². The average Bonchev–Trinajstić information content (AvgIpc) is 2.12. The van der Waals surface area contributed by atoms with Gasteiger partial charge in [0.1, 0.15) is 0 Å². The predicted octanol–water partition coefficient (Wildman–Crippen LogP) is 4.61. The number of alkyl halides is 2. The van der Waals surface area contributed by atoms with Crippen molar-refractivity contribution in [3.63, 3.8) is 0 Å². The minimum atomic E-state index is 0.763. The SMILES string of the molecule is CCC(C)C1C=C(C)C(I)C(I)C1. The van der Waals surface area contributed by atoms with Gasteiger partial charge in [0.15, 0.2) is 0 Å². The fourth-order valence-electron chi connectivity index (χ4n) is 1.86. The lowest BCUT2D eigenvalue weighted by Gasteiger charge is -2.31. The molecule has 0 aliphatic heterocycles. The summed E-state index contributed by atoms with van der Waals surface area (Å²) < 4.78 is 1.60. The van der Waals surface area contributed by atoms with Crippen LogP contribution in [0.25, 0.3) is 0 Å². The van der Waals surface area contributed by atoms with Crippen molar-refractivity contribution < 1.29 is 0 Å². The minimum Gasteiger partial charge on any atom is -0.0811 e. The van der Waals surface area contributed by atoms with Crippen LogP contribution >= 0.6 is 45.2 Å². The molecule has 0 aromatic rings. The number of rotatable bonds is 2. The highest BCUT2D eigenvalue weighted by atomic mass is 127. The van der Waals surface area contributed by atoms with E-state index < -0.39 is 0 Å². The summed E-state index contributed by atoms with van der Waals surface area (Å²) in [6, 6.07) is 0. The fraction of sp³-hybridized carbons (Fsp3) is 0.818. The van der Waals surface area contributed by atoms with E-state index in [-0.39, 0.29) is 0 Å². The Bertz CT molecular complexity index is 198. The van der Waals surface area contributed by atoms with Crippen molar-refractivity contribution in [1.29, 1.82) is 0 Å². The molecule has 4 atom stereocenters. The van der Waals surface area contributed by atoms with Gasteiger partial charge in [-0.25, -0.2) is 0 Å². The largest absolute Gasteiger partial charge is 0.0811 e. The van der Waals surface area contributed by atoms with Crippen molar-refractivity contribution in [2.45, 2.75) is 41.5 Å². The van der Waals surface area contributed by atoms with Gasteiger partial charge < -0.3 is 0 Å². The van der Waals surface area contributed by atoms with Gasteiger partial charge in [0.25, 0.3) is 0 Å². The van der Waals surface area contributed by atoms with Crippen molar-refractivity contribution >= 4 is 45.2 Å². The molecular formula is C11H18I2. The van der Waals surface area contributed by atoms with Crippen molar-refractivity contribution in [1.82, 2.24) is 0 Å². The monoisotopic (exact) mass is 404 g/mol. The van der Waals surface area contributed by atoms with E-state index in [1.165, 1.54) is 12.8 Å². The molecule has 0 spiro atoms. The molecule has 0 amide bonds. The van der Waals surface area contributed by atoms with Crippen LogP contribution in [0.15, 0.2) is 11.6 Å². The van der Waals surface area contributed by atoms with Crippen LogP contribution < -0.4 is 0 Å². The molecular weight excluding hydrogens is 386 g/mol. The lowest BCUT2D eigenvalue weighted by molar-refractivity contribution is 0.382. The van der Waals surface area contributed by atoms with Crippen LogP contribution in [0, 0.1) is 11.8 Å². The van der Waals surface area contributed by atoms with Crippen LogP contribution in [-0.2, 0) is 0 Å². The topological polar surface area (TPSA) is 0 Å². The summed E-state index contributed by atoms with van der Waals surface area (Å²) in [7, 11) is 0. The van der Waals surface area contributed by atoms with Gasteiger partial charge in [0.2, 0.25) is 0 Å². The Hall–Kier alpha value is 1.20. The summed E-state index contributed by atoms with van der Waals surface area (Å²) in [6.07, 6.45) is 5.20. The van der Waals surface area contributed by atoms with Crippen LogP contribution in [0.1, 0.15) is 33.6 Å². The third-order valence-electron chi connectivity index (χ3n) is 3.10. The zero-order valence-corrected chi connectivity index (χ0v) is 12.9. The number of hydrogen-bond donors (Lipinski definition) is 0. The van der Waals surface area contributed by atoms with Gasteiger partial charge in [0, 0.05) is 7.85 Å². The second-order valence-electron chi connectivity index (χ2n) is 4.11. The Kier molecular flexibility index (Phi) is 5.03. The molecule has 0 saturated carbocycles. The first kappa shape index (κ1) is 12.3. The molecule has 0 fully saturated rings. The van der Waals surface area contributed by atoms with E-state index in [9.17, 15) is 0 Å². The quantitative estimate of drug-likeness (QED) is 0.359. The highest BCUT2D eigenvalue weighted by molar-refractivity contribution is 14.1. The van der Waals surface area contributed by atoms with Crippen LogP contribution in [-0.4, -0.2) is 7.85 Å². The molecule has 0 N–H and O–H groups in total. The second kappa shape index (κ2) is 5.33. The fourth-order valence-corrected chi connectivity index (χ4v) is 3.52. The lowest BCUT2D eigenvalue weighted by atomic mass is 9.82. The molecule has 1 aliphatic rings. The van der Waals surface area contributed by atoms with E-state index in [0.29, 0.717) is 0 Å². The van der Waals surface area contributed by atoms with Gasteiger partial charge in [-0.3, -0.25) is 0 Å². The van der Waals surface area contributed by atoms with E-state index in [0.717, 1.165) is 19.7 Å². The summed E-state index contributed by atoms with van der Waals surface area (Å²) >= 11 is 5.19. The third-order valence-corrected chi connectivity index (χ3v) is 7.56. The number of hydrogen-bond acceptors (Lipinski definition) is 0. The molecule has 76 valence electrons. The van der Waals surface area contributed by atoms with E-state index >= 15 is 0 Å². The molecule has 2 heteroatoms. The molecule has 0 bridgehead atoms. The predicted molar refractivity (Wildman–Crippen MR) is 76.9 cm³/mol. The molecule has 1 aliphatic carbocycles. The second-order valence-corrected chi connectivity index (χ2v) is 7.06. The number of halogens is 2. The normalized spacial score (nSPS) is 37.0. The zero-order chi connectivity index (χ0) is 10.0. The van der Waals surface area contributed by atoms with E-state index in [1.807, 2.05) is 0 Å². The Morgan fingerprint density at radius 1 is 1.54 bits per heavy atom. The molecule has 1 rings (SSSR count). The maximum atomic E-state index is 2.61. The lowest BCUT2D eigenvalue weighted by Crippen LogP contribution is -2.26. The van der Waals surface area contributed by atoms with Crippen molar-refractivity contribution in [2.75, 3.05) is 0 Å². The van der Waals surface area contributed by atoms with Crippen LogP contribution in [0.2, 0.25) is 0 Å². The van der Waals surface area contributed by atoms with E-state index in [4.69, 9.17) is 0 Å². The minimum absolute atomic E-state index is 0.763. The summed E-state index contributed by atoms with van der Waals surface area (Å²) in [4.78, 5) is 0. The molecule has 0 saturated heterocycles. The van der Waals surface area contributed by atoms with Gasteiger partial charge >= 0.3 is 0 Å². The molecule has 0 heterocycles. The average molecular weight is 404 g/mol. The van der Waals surface area contributed by atoms with Gasteiger partial charge in [0.05, 0.1) is 0 Å². The van der Waals surface area contributed by atoms with Crippen LogP contribution in [0.4, 0.5) is 0 Å². The summed E-state index contributed by atoms with van der Waals surface area (Å²) in [5, 5.41) is 0. The van der Waals surface area contributed by atoms with E-state index in [1.54, 1.807) is 5.57 Å². The third kappa shape index (κ3) is 3.08. The van der Waals surface area contributed by atoms with Crippen molar-refractivity contribution in [3.05, 3.63) is 11.6 Å². The van der Waals surface area contributed by atoms with Gasteiger partial charge in [-0.05, 0) is 25.2 Å². The maximum absolute atomic E-state index is 2.61. The van der Waals surface area contributed by atoms with Crippen LogP contribution in [0.5, 0.6) is 0 Å². The van der Waals surface area contributed by atoms with Crippen molar-refractivity contribution in [3.8, 4) is 0 Å². The molecule has 4 unspecified atom stereocenters. The molecule has 0 radical (unpaired) electrons. The smallest absolute Gasteiger partial charge is 0.0434 e. The Balaban J connectivity index is 2.71. The Morgan fingerprint density at radius 2 is 2.15 bits per heavy atom. The zero-order valence-electron chi connectivity index (χ0n) is 8.56. The van der Waals surface area contributed by atoms with Gasteiger partial charge in [-0.15, -0.1) is 0 Å². The number of allylic oxidation sites excluding steroid dienone is 2. The molecule has 0 aromatic carbocycles. The molecule has 13 heavy (non-hydrogen) atoms. The van der Waals surface area contributed by atoms with Gasteiger partial charge in [-0.1, -0.05) is 77.1 Å². The molecule has 0 aromatic heterocycles. The summed E-state index contributed by atoms with van der Waals surface area (Å²) in [5.41, 5.74) is 1.59. The Labute approximate surface area is 109 Å². The first-order chi connectivity index (χ1) is 6.06. The first-order valence-electron chi connectivity index (χ1n) is 5.02. The first-order valence-corrected chi connectivity index (χ1v) is 7.51. The van der Waals surface area contributed by atoms with Crippen LogP contribution in [0.3, 0.4) is 0 Å².